The number of hydrogen-bond donors (Lipinski definition) is 0. The first kappa shape index (κ1) is 7.60. The lowest BCUT2D eigenvalue weighted by Crippen LogP contribution is -1.87. The summed E-state index contributed by atoms with van der Waals surface area (Å²) in [6, 6.07) is 0. The van der Waals surface area contributed by atoms with Gasteiger partial charge in [-0.25, -0.2) is 8.78 Å². The topological polar surface area (TPSA) is 0 Å². The van der Waals surface area contributed by atoms with E-state index in [0.29, 0.717) is 0 Å². The van der Waals surface area contributed by atoms with Crippen LogP contribution >= 0.6 is 0 Å². The van der Waals surface area contributed by atoms with E-state index in [2.05, 4.69) is 0 Å². The highest BCUT2D eigenvalue weighted by Gasteiger charge is 2.04. The summed E-state index contributed by atoms with van der Waals surface area (Å²) >= 11 is 0. The second-order valence-corrected chi connectivity index (χ2v) is 2.04. The maximum absolute atomic E-state index is 12.2. The first-order chi connectivity index (χ1) is 3.55. The van der Waals surface area contributed by atoms with Crippen molar-refractivity contribution in [3.05, 3.63) is 11.7 Å². The fraction of sp³-hybridized carbons (Fsp3) is 0.667. The third-order valence-corrected chi connectivity index (χ3v) is 0.836. The lowest BCUT2D eigenvalue weighted by Gasteiger charge is -1.98. The third kappa shape index (κ3) is 2.05. The van der Waals surface area contributed by atoms with Crippen LogP contribution in [0, 0.1) is 5.92 Å². The molecule has 48 valence electrons. The van der Waals surface area contributed by atoms with Crippen molar-refractivity contribution in [1.29, 1.82) is 0 Å². The molecule has 0 nitrogen and oxygen atoms in total. The molecule has 8 heavy (non-hydrogen) atoms. The molecule has 0 bridgehead atoms. The minimum Gasteiger partial charge on any atom is -0.209 e. The molecule has 0 fully saturated rings. The van der Waals surface area contributed by atoms with Gasteiger partial charge in [0, 0.05) is 5.92 Å². The van der Waals surface area contributed by atoms with Crippen molar-refractivity contribution in [2.75, 3.05) is 0 Å². The quantitative estimate of drug-likeness (QED) is 0.499. The van der Waals surface area contributed by atoms with Crippen LogP contribution < -0.4 is 0 Å². The third-order valence-electron chi connectivity index (χ3n) is 0.836. The van der Waals surface area contributed by atoms with Crippen molar-refractivity contribution in [3.63, 3.8) is 0 Å². The summed E-state index contributed by atoms with van der Waals surface area (Å²) < 4.78 is 24.0. The van der Waals surface area contributed by atoms with E-state index < -0.39 is 11.7 Å². The number of hydrogen-bond acceptors (Lipinski definition) is 0. The van der Waals surface area contributed by atoms with Crippen molar-refractivity contribution < 1.29 is 8.78 Å². The van der Waals surface area contributed by atoms with Crippen molar-refractivity contribution in [1.82, 2.24) is 0 Å². The summed E-state index contributed by atoms with van der Waals surface area (Å²) in [4.78, 5) is 0. The number of allylic oxidation sites excluding steroid dienone is 2. The number of halogens is 2. The molecular weight excluding hydrogens is 110 g/mol. The van der Waals surface area contributed by atoms with Crippen LogP contribution in [0.4, 0.5) is 8.78 Å². The average Bonchev–Trinajstić information content (AvgIpc) is 1.64. The molecule has 0 rings (SSSR count). The summed E-state index contributed by atoms with van der Waals surface area (Å²) in [5.41, 5.74) is 0. The molecule has 0 atom stereocenters. The van der Waals surface area contributed by atoms with Gasteiger partial charge in [0.1, 0.15) is 11.7 Å². The van der Waals surface area contributed by atoms with Crippen molar-refractivity contribution in [3.8, 4) is 0 Å². The Labute approximate surface area is 48.2 Å². The van der Waals surface area contributed by atoms with Gasteiger partial charge in [0.15, 0.2) is 0 Å². The molecular formula is C6H10F2. The predicted molar refractivity (Wildman–Crippen MR) is 29.8 cm³/mol. The van der Waals surface area contributed by atoms with Crippen molar-refractivity contribution >= 4 is 0 Å². The zero-order valence-corrected chi connectivity index (χ0v) is 5.33. The summed E-state index contributed by atoms with van der Waals surface area (Å²) in [5, 5.41) is 0. The molecule has 2 heteroatoms. The van der Waals surface area contributed by atoms with E-state index in [4.69, 9.17) is 0 Å². The Morgan fingerprint density at radius 1 is 1.25 bits per heavy atom. The molecule has 0 unspecified atom stereocenters. The van der Waals surface area contributed by atoms with Gasteiger partial charge in [0.25, 0.3) is 0 Å². The molecule has 0 N–H and O–H groups in total. The molecule has 0 amide bonds. The molecule has 0 saturated heterocycles. The Balaban J connectivity index is 4.00. The lowest BCUT2D eigenvalue weighted by atomic mass is 10.2. The van der Waals surface area contributed by atoms with Gasteiger partial charge in [-0.2, -0.15) is 0 Å². The second-order valence-electron chi connectivity index (χ2n) is 2.04. The van der Waals surface area contributed by atoms with Crippen LogP contribution in [0.5, 0.6) is 0 Å². The summed E-state index contributed by atoms with van der Waals surface area (Å²) in [5.74, 6) is -1.68. The Bertz CT molecular complexity index is 99.1. The summed E-state index contributed by atoms with van der Waals surface area (Å²) in [6.45, 7) is 4.34. The van der Waals surface area contributed by atoms with Crippen LogP contribution in [0.15, 0.2) is 11.7 Å². The fourth-order valence-corrected chi connectivity index (χ4v) is 0.398. The van der Waals surface area contributed by atoms with E-state index in [1.807, 2.05) is 0 Å². The smallest absolute Gasteiger partial charge is 0.133 e. The fourth-order valence-electron chi connectivity index (χ4n) is 0.398. The first-order valence-corrected chi connectivity index (χ1v) is 2.57. The van der Waals surface area contributed by atoms with E-state index in [1.165, 1.54) is 0 Å². The van der Waals surface area contributed by atoms with E-state index in [0.717, 1.165) is 6.92 Å². The molecule has 0 aliphatic heterocycles. The van der Waals surface area contributed by atoms with Crippen LogP contribution in [-0.4, -0.2) is 0 Å². The molecule has 0 spiro atoms. The SMILES string of the molecule is C/C(F)=C(/F)C(C)C. The Kier molecular flexibility index (Phi) is 2.66. The predicted octanol–water partition coefficient (Wildman–Crippen LogP) is 2.81. The first-order valence-electron chi connectivity index (χ1n) is 2.57. The van der Waals surface area contributed by atoms with Gasteiger partial charge in [0.05, 0.1) is 0 Å². The van der Waals surface area contributed by atoms with Gasteiger partial charge >= 0.3 is 0 Å². The molecule has 0 aliphatic carbocycles. The van der Waals surface area contributed by atoms with E-state index in [1.54, 1.807) is 13.8 Å². The summed E-state index contributed by atoms with van der Waals surface area (Å²) in [7, 11) is 0. The average molecular weight is 120 g/mol. The Morgan fingerprint density at radius 2 is 1.62 bits per heavy atom. The highest BCUT2D eigenvalue weighted by atomic mass is 19.2. The molecule has 0 radical (unpaired) electrons. The number of rotatable bonds is 1. The Hall–Kier alpha value is -0.400. The van der Waals surface area contributed by atoms with Crippen LogP contribution in [0.25, 0.3) is 0 Å². The molecule has 0 saturated carbocycles. The monoisotopic (exact) mass is 120 g/mol. The zero-order valence-electron chi connectivity index (χ0n) is 5.33. The van der Waals surface area contributed by atoms with Gasteiger partial charge in [0.2, 0.25) is 0 Å². The van der Waals surface area contributed by atoms with E-state index in [9.17, 15) is 8.78 Å². The maximum Gasteiger partial charge on any atom is 0.133 e. The van der Waals surface area contributed by atoms with Gasteiger partial charge in [-0.15, -0.1) is 0 Å². The van der Waals surface area contributed by atoms with E-state index >= 15 is 0 Å². The van der Waals surface area contributed by atoms with Crippen LogP contribution in [-0.2, 0) is 0 Å². The van der Waals surface area contributed by atoms with Gasteiger partial charge in [-0.1, -0.05) is 13.8 Å². The maximum atomic E-state index is 12.2. The lowest BCUT2D eigenvalue weighted by molar-refractivity contribution is 0.463. The highest BCUT2D eigenvalue weighted by molar-refractivity contribution is 4.98. The van der Waals surface area contributed by atoms with Crippen molar-refractivity contribution in [2.45, 2.75) is 20.8 Å². The Morgan fingerprint density at radius 3 is 1.62 bits per heavy atom. The minimum atomic E-state index is -0.708. The van der Waals surface area contributed by atoms with Gasteiger partial charge in [-0.3, -0.25) is 0 Å². The molecule has 0 aromatic heterocycles. The minimum absolute atomic E-state index is 0.319. The zero-order chi connectivity index (χ0) is 6.73. The van der Waals surface area contributed by atoms with Gasteiger partial charge in [-0.05, 0) is 6.92 Å². The molecule has 0 heterocycles. The van der Waals surface area contributed by atoms with Crippen LogP contribution in [0.3, 0.4) is 0 Å². The van der Waals surface area contributed by atoms with Crippen molar-refractivity contribution in [2.24, 2.45) is 5.92 Å². The molecule has 0 aromatic rings. The molecule has 0 aromatic carbocycles. The van der Waals surface area contributed by atoms with Crippen LogP contribution in [0.2, 0.25) is 0 Å². The normalized spacial score (nSPS) is 14.2. The largest absolute Gasteiger partial charge is 0.209 e. The van der Waals surface area contributed by atoms with E-state index in [-0.39, 0.29) is 5.92 Å². The standard InChI is InChI=1S/C6H10F2/c1-4(2)6(8)5(3)7/h4H,1-3H3/b6-5-. The molecule has 0 aliphatic rings. The van der Waals surface area contributed by atoms with Gasteiger partial charge < -0.3 is 0 Å². The van der Waals surface area contributed by atoms with Crippen LogP contribution in [0.1, 0.15) is 20.8 Å². The highest BCUT2D eigenvalue weighted by Crippen LogP contribution is 2.15. The summed E-state index contributed by atoms with van der Waals surface area (Å²) in [6.07, 6.45) is 0. The second kappa shape index (κ2) is 2.80.